The van der Waals surface area contributed by atoms with Gasteiger partial charge in [-0.3, -0.25) is 4.68 Å². The van der Waals surface area contributed by atoms with Crippen LogP contribution in [0.15, 0.2) is 6.20 Å². The third-order valence-corrected chi connectivity index (χ3v) is 2.92. The Bertz CT molecular complexity index is 318. The maximum absolute atomic E-state index is 6.18. The lowest BCUT2D eigenvalue weighted by Crippen LogP contribution is -2.26. The molecule has 0 atom stereocenters. The zero-order chi connectivity index (χ0) is 11.5. The average Bonchev–Trinajstić information content (AvgIpc) is 2.48. The van der Waals surface area contributed by atoms with Crippen LogP contribution in [0.1, 0.15) is 39.3 Å². The maximum Gasteiger partial charge on any atom is 0.0823 e. The van der Waals surface area contributed by atoms with Crippen molar-refractivity contribution in [3.63, 3.8) is 0 Å². The number of halogens is 1. The van der Waals surface area contributed by atoms with E-state index >= 15 is 0 Å². The Hall–Kier alpha value is -0.540. The molecule has 0 aliphatic rings. The van der Waals surface area contributed by atoms with Gasteiger partial charge in [0.05, 0.1) is 16.9 Å². The fourth-order valence-electron chi connectivity index (χ4n) is 1.90. The SMILES string of the molecule is CCCn1ncc(Cl)c1C(C)(C)CCN. The molecule has 3 nitrogen and oxygen atoms in total. The first kappa shape index (κ1) is 12.5. The van der Waals surface area contributed by atoms with Gasteiger partial charge < -0.3 is 5.73 Å². The summed E-state index contributed by atoms with van der Waals surface area (Å²) in [6, 6.07) is 0. The van der Waals surface area contributed by atoms with Gasteiger partial charge >= 0.3 is 0 Å². The number of hydrogen-bond donors (Lipinski definition) is 1. The molecule has 0 radical (unpaired) electrons. The molecular formula is C11H20ClN3. The summed E-state index contributed by atoms with van der Waals surface area (Å²) in [5, 5.41) is 5.05. The van der Waals surface area contributed by atoms with Gasteiger partial charge in [0.25, 0.3) is 0 Å². The highest BCUT2D eigenvalue weighted by Crippen LogP contribution is 2.32. The second kappa shape index (κ2) is 4.99. The molecule has 0 saturated carbocycles. The van der Waals surface area contributed by atoms with Crippen molar-refractivity contribution in [2.24, 2.45) is 5.73 Å². The van der Waals surface area contributed by atoms with Gasteiger partial charge in [0, 0.05) is 12.0 Å². The number of nitrogens with zero attached hydrogens (tertiary/aromatic N) is 2. The zero-order valence-corrected chi connectivity index (χ0v) is 10.5. The summed E-state index contributed by atoms with van der Waals surface area (Å²) in [7, 11) is 0. The van der Waals surface area contributed by atoms with Crippen LogP contribution in [0.25, 0.3) is 0 Å². The number of aromatic nitrogens is 2. The lowest BCUT2D eigenvalue weighted by Gasteiger charge is -2.25. The van der Waals surface area contributed by atoms with E-state index in [4.69, 9.17) is 17.3 Å². The summed E-state index contributed by atoms with van der Waals surface area (Å²) < 4.78 is 2.00. The first-order chi connectivity index (χ1) is 7.03. The summed E-state index contributed by atoms with van der Waals surface area (Å²) >= 11 is 6.18. The van der Waals surface area contributed by atoms with Crippen molar-refractivity contribution in [2.45, 2.75) is 45.6 Å². The fraction of sp³-hybridized carbons (Fsp3) is 0.727. The highest BCUT2D eigenvalue weighted by molar-refractivity contribution is 6.31. The topological polar surface area (TPSA) is 43.8 Å². The van der Waals surface area contributed by atoms with Gasteiger partial charge in [-0.1, -0.05) is 32.4 Å². The van der Waals surface area contributed by atoms with Crippen LogP contribution in [0.2, 0.25) is 5.02 Å². The van der Waals surface area contributed by atoms with Crippen LogP contribution < -0.4 is 5.73 Å². The molecule has 0 saturated heterocycles. The Labute approximate surface area is 96.6 Å². The maximum atomic E-state index is 6.18. The van der Waals surface area contributed by atoms with Gasteiger partial charge in [-0.05, 0) is 19.4 Å². The number of nitrogens with two attached hydrogens (primary N) is 1. The second-order valence-electron chi connectivity index (χ2n) is 4.49. The molecule has 2 N–H and O–H groups in total. The molecule has 0 fully saturated rings. The molecule has 4 heteroatoms. The molecule has 0 aliphatic heterocycles. The molecule has 0 spiro atoms. The van der Waals surface area contributed by atoms with Crippen molar-refractivity contribution in [2.75, 3.05) is 6.54 Å². The molecule has 0 aliphatic carbocycles. The van der Waals surface area contributed by atoms with Gasteiger partial charge in [0.1, 0.15) is 0 Å². The Morgan fingerprint density at radius 3 is 2.73 bits per heavy atom. The molecule has 1 aromatic rings. The minimum atomic E-state index is -0.00248. The van der Waals surface area contributed by atoms with Crippen molar-refractivity contribution >= 4 is 11.6 Å². The molecule has 0 bridgehead atoms. The fourth-order valence-corrected chi connectivity index (χ4v) is 2.29. The third kappa shape index (κ3) is 2.73. The minimum absolute atomic E-state index is 0.00248. The van der Waals surface area contributed by atoms with Crippen LogP contribution >= 0.6 is 11.6 Å². The van der Waals surface area contributed by atoms with Crippen molar-refractivity contribution in [1.29, 1.82) is 0 Å². The standard InChI is InChI=1S/C11H20ClN3/c1-4-7-15-10(9(12)8-14-15)11(2,3)5-6-13/h8H,4-7,13H2,1-3H3. The molecule has 0 aromatic carbocycles. The average molecular weight is 230 g/mol. The highest BCUT2D eigenvalue weighted by atomic mass is 35.5. The van der Waals surface area contributed by atoms with E-state index < -0.39 is 0 Å². The largest absolute Gasteiger partial charge is 0.330 e. The van der Waals surface area contributed by atoms with Crippen LogP contribution in [-0.4, -0.2) is 16.3 Å². The van der Waals surface area contributed by atoms with Gasteiger partial charge in [-0.15, -0.1) is 0 Å². The van der Waals surface area contributed by atoms with E-state index in [1.54, 1.807) is 6.20 Å². The molecule has 15 heavy (non-hydrogen) atoms. The smallest absolute Gasteiger partial charge is 0.0823 e. The second-order valence-corrected chi connectivity index (χ2v) is 4.89. The normalized spacial score (nSPS) is 12.1. The van der Waals surface area contributed by atoms with E-state index in [2.05, 4.69) is 25.9 Å². The molecule has 1 rings (SSSR count). The Kier molecular flexibility index (Phi) is 4.17. The lowest BCUT2D eigenvalue weighted by molar-refractivity contribution is 0.427. The third-order valence-electron chi connectivity index (χ3n) is 2.64. The Morgan fingerprint density at radius 1 is 1.53 bits per heavy atom. The number of aryl methyl sites for hydroxylation is 1. The van der Waals surface area contributed by atoms with E-state index in [1.807, 2.05) is 4.68 Å². The molecule has 0 unspecified atom stereocenters. The molecule has 0 amide bonds. The Morgan fingerprint density at radius 2 is 2.20 bits per heavy atom. The lowest BCUT2D eigenvalue weighted by atomic mass is 9.85. The van der Waals surface area contributed by atoms with Crippen LogP contribution in [-0.2, 0) is 12.0 Å². The summed E-state index contributed by atoms with van der Waals surface area (Å²) in [5.41, 5.74) is 6.73. The molecule has 86 valence electrons. The predicted molar refractivity (Wildman–Crippen MR) is 64.2 cm³/mol. The monoisotopic (exact) mass is 229 g/mol. The van der Waals surface area contributed by atoms with Crippen LogP contribution in [0, 0.1) is 0 Å². The molecule has 1 aromatic heterocycles. The van der Waals surface area contributed by atoms with Crippen LogP contribution in [0.5, 0.6) is 0 Å². The van der Waals surface area contributed by atoms with E-state index in [-0.39, 0.29) is 5.41 Å². The minimum Gasteiger partial charge on any atom is -0.330 e. The highest BCUT2D eigenvalue weighted by Gasteiger charge is 2.26. The Balaban J connectivity index is 3.04. The van der Waals surface area contributed by atoms with Crippen molar-refractivity contribution < 1.29 is 0 Å². The zero-order valence-electron chi connectivity index (χ0n) is 9.76. The summed E-state index contributed by atoms with van der Waals surface area (Å²) in [4.78, 5) is 0. The molecular weight excluding hydrogens is 210 g/mol. The van der Waals surface area contributed by atoms with Crippen molar-refractivity contribution in [1.82, 2.24) is 9.78 Å². The number of rotatable bonds is 5. The summed E-state index contributed by atoms with van der Waals surface area (Å²) in [6.07, 6.45) is 3.71. The quantitative estimate of drug-likeness (QED) is 0.844. The van der Waals surface area contributed by atoms with E-state index in [0.717, 1.165) is 30.1 Å². The van der Waals surface area contributed by atoms with Gasteiger partial charge in [-0.25, -0.2) is 0 Å². The van der Waals surface area contributed by atoms with Crippen LogP contribution in [0.4, 0.5) is 0 Å². The van der Waals surface area contributed by atoms with E-state index in [9.17, 15) is 0 Å². The summed E-state index contributed by atoms with van der Waals surface area (Å²) in [5.74, 6) is 0. The first-order valence-electron chi connectivity index (χ1n) is 5.44. The number of hydrogen-bond acceptors (Lipinski definition) is 2. The van der Waals surface area contributed by atoms with Gasteiger partial charge in [-0.2, -0.15) is 5.10 Å². The van der Waals surface area contributed by atoms with Crippen molar-refractivity contribution in [3.05, 3.63) is 16.9 Å². The first-order valence-corrected chi connectivity index (χ1v) is 5.82. The predicted octanol–water partition coefficient (Wildman–Crippen LogP) is 2.57. The van der Waals surface area contributed by atoms with E-state index in [1.165, 1.54) is 0 Å². The summed E-state index contributed by atoms with van der Waals surface area (Å²) in [6.45, 7) is 8.04. The van der Waals surface area contributed by atoms with Gasteiger partial charge in [0.15, 0.2) is 0 Å². The van der Waals surface area contributed by atoms with Crippen LogP contribution in [0.3, 0.4) is 0 Å². The van der Waals surface area contributed by atoms with E-state index in [0.29, 0.717) is 6.54 Å². The van der Waals surface area contributed by atoms with Crippen molar-refractivity contribution in [3.8, 4) is 0 Å². The van der Waals surface area contributed by atoms with Gasteiger partial charge in [0.2, 0.25) is 0 Å². The molecule has 1 heterocycles.